The highest BCUT2D eigenvalue weighted by molar-refractivity contribution is 9.10. The van der Waals surface area contributed by atoms with Crippen molar-refractivity contribution in [1.29, 1.82) is 0 Å². The van der Waals surface area contributed by atoms with E-state index in [9.17, 15) is 9.59 Å². The molecule has 0 aliphatic heterocycles. The van der Waals surface area contributed by atoms with Crippen LogP contribution in [0, 0.1) is 0 Å². The summed E-state index contributed by atoms with van der Waals surface area (Å²) in [6, 6.07) is 21.2. The van der Waals surface area contributed by atoms with Crippen LogP contribution in [0.1, 0.15) is 15.9 Å². The first-order valence-corrected chi connectivity index (χ1v) is 10.1. The second-order valence-corrected chi connectivity index (χ2v) is 7.14. The Morgan fingerprint density at radius 3 is 2.45 bits per heavy atom. The number of halogens is 1. The second kappa shape index (κ2) is 10.9. The van der Waals surface area contributed by atoms with Crippen LogP contribution in [-0.2, 0) is 4.79 Å². The van der Waals surface area contributed by atoms with Gasteiger partial charge in [0, 0.05) is 4.47 Å². The van der Waals surface area contributed by atoms with Gasteiger partial charge in [-0.2, -0.15) is 5.10 Å². The highest BCUT2D eigenvalue weighted by Crippen LogP contribution is 2.23. The van der Waals surface area contributed by atoms with Crippen molar-refractivity contribution in [3.63, 3.8) is 0 Å². The number of nitrogens with zero attached hydrogens (tertiary/aromatic N) is 1. The maximum atomic E-state index is 12.1. The summed E-state index contributed by atoms with van der Waals surface area (Å²) >= 11 is 3.33. The lowest BCUT2D eigenvalue weighted by molar-refractivity contribution is -0.118. The summed E-state index contributed by atoms with van der Waals surface area (Å²) in [4.78, 5) is 24.2. The van der Waals surface area contributed by atoms with Crippen molar-refractivity contribution in [2.45, 2.75) is 0 Å². The Bertz CT molecular complexity index is 1080. The normalized spacial score (nSPS) is 10.5. The Hall–Kier alpha value is -3.65. The SMILES string of the molecule is COc1ccccc1NC(=O)COc1ccc(/C=N\NC(=O)c2ccccc2Br)cc1. The third-order valence-corrected chi connectivity index (χ3v) is 4.82. The molecular weight excluding hydrogens is 462 g/mol. The number of anilines is 1. The molecule has 0 saturated carbocycles. The van der Waals surface area contributed by atoms with Crippen LogP contribution in [0.2, 0.25) is 0 Å². The number of amides is 2. The maximum absolute atomic E-state index is 12.1. The standard InChI is InChI=1S/C23H20BrN3O4/c1-30-21-9-5-4-8-20(21)26-22(28)15-31-17-12-10-16(11-13-17)14-25-27-23(29)18-6-2-3-7-19(18)24/h2-14H,15H2,1H3,(H,26,28)(H,27,29)/b25-14-. The summed E-state index contributed by atoms with van der Waals surface area (Å²) < 4.78 is 11.4. The lowest BCUT2D eigenvalue weighted by Crippen LogP contribution is -2.20. The van der Waals surface area contributed by atoms with Gasteiger partial charge in [0.2, 0.25) is 0 Å². The van der Waals surface area contributed by atoms with Crippen LogP contribution in [0.4, 0.5) is 5.69 Å². The van der Waals surface area contributed by atoms with Gasteiger partial charge in [0.05, 0.1) is 24.6 Å². The molecule has 0 unspecified atom stereocenters. The zero-order valence-electron chi connectivity index (χ0n) is 16.7. The van der Waals surface area contributed by atoms with E-state index in [1.165, 1.54) is 6.21 Å². The molecule has 0 aliphatic carbocycles. The van der Waals surface area contributed by atoms with E-state index < -0.39 is 0 Å². The minimum absolute atomic E-state index is 0.145. The number of nitrogens with one attached hydrogen (secondary N) is 2. The number of hydrogen-bond acceptors (Lipinski definition) is 5. The first-order valence-electron chi connectivity index (χ1n) is 9.30. The van der Waals surface area contributed by atoms with Gasteiger partial charge in [-0.15, -0.1) is 0 Å². The van der Waals surface area contributed by atoms with Gasteiger partial charge in [-0.25, -0.2) is 5.43 Å². The Kier molecular flexibility index (Phi) is 7.78. The van der Waals surface area contributed by atoms with Gasteiger partial charge in [0.15, 0.2) is 6.61 Å². The number of carbonyl (C=O) groups excluding carboxylic acids is 2. The predicted molar refractivity (Wildman–Crippen MR) is 123 cm³/mol. The van der Waals surface area contributed by atoms with E-state index in [4.69, 9.17) is 9.47 Å². The molecule has 3 aromatic carbocycles. The number of hydrogen-bond donors (Lipinski definition) is 2. The highest BCUT2D eigenvalue weighted by Gasteiger charge is 2.08. The van der Waals surface area contributed by atoms with Crippen molar-refractivity contribution in [2.24, 2.45) is 5.10 Å². The fourth-order valence-corrected chi connectivity index (χ4v) is 3.07. The molecule has 0 saturated heterocycles. The molecule has 2 N–H and O–H groups in total. The fourth-order valence-electron chi connectivity index (χ4n) is 2.60. The quantitative estimate of drug-likeness (QED) is 0.372. The van der Waals surface area contributed by atoms with Crippen LogP contribution in [0.25, 0.3) is 0 Å². The van der Waals surface area contributed by atoms with E-state index >= 15 is 0 Å². The predicted octanol–water partition coefficient (Wildman–Crippen LogP) is 4.24. The van der Waals surface area contributed by atoms with Crippen molar-refractivity contribution >= 4 is 39.6 Å². The van der Waals surface area contributed by atoms with Gasteiger partial charge in [0.25, 0.3) is 11.8 Å². The molecule has 0 fully saturated rings. The highest BCUT2D eigenvalue weighted by atomic mass is 79.9. The van der Waals surface area contributed by atoms with Crippen LogP contribution in [0.15, 0.2) is 82.4 Å². The largest absolute Gasteiger partial charge is 0.495 e. The third kappa shape index (κ3) is 6.42. The summed E-state index contributed by atoms with van der Waals surface area (Å²) in [5.41, 5.74) is 4.32. The van der Waals surface area contributed by atoms with Gasteiger partial charge in [-0.05, 0) is 70.0 Å². The third-order valence-electron chi connectivity index (χ3n) is 4.13. The minimum Gasteiger partial charge on any atom is -0.495 e. The van der Waals surface area contributed by atoms with E-state index in [-0.39, 0.29) is 18.4 Å². The van der Waals surface area contributed by atoms with Crippen molar-refractivity contribution in [3.05, 3.63) is 88.4 Å². The average Bonchev–Trinajstić information content (AvgIpc) is 2.79. The van der Waals surface area contributed by atoms with Gasteiger partial charge >= 0.3 is 0 Å². The molecule has 0 spiro atoms. The molecule has 3 aromatic rings. The molecule has 3 rings (SSSR count). The fraction of sp³-hybridized carbons (Fsp3) is 0.0870. The molecule has 31 heavy (non-hydrogen) atoms. The number of hydrazone groups is 1. The zero-order valence-corrected chi connectivity index (χ0v) is 18.3. The number of para-hydroxylation sites is 2. The smallest absolute Gasteiger partial charge is 0.272 e. The molecule has 2 amide bonds. The van der Waals surface area contributed by atoms with Crippen LogP contribution < -0.4 is 20.2 Å². The maximum Gasteiger partial charge on any atom is 0.272 e. The first-order chi connectivity index (χ1) is 15.1. The summed E-state index contributed by atoms with van der Waals surface area (Å²) in [5, 5.41) is 6.71. The van der Waals surface area contributed by atoms with Gasteiger partial charge in [-0.3, -0.25) is 9.59 Å². The van der Waals surface area contributed by atoms with Crippen LogP contribution in [0.5, 0.6) is 11.5 Å². The van der Waals surface area contributed by atoms with Crippen molar-refractivity contribution in [1.82, 2.24) is 5.43 Å². The van der Waals surface area contributed by atoms with E-state index in [0.717, 1.165) is 5.56 Å². The number of carbonyl (C=O) groups is 2. The van der Waals surface area contributed by atoms with Crippen molar-refractivity contribution in [2.75, 3.05) is 19.0 Å². The molecule has 0 aromatic heterocycles. The minimum atomic E-state index is -0.315. The molecule has 7 nitrogen and oxygen atoms in total. The van der Waals surface area contributed by atoms with Crippen LogP contribution in [0.3, 0.4) is 0 Å². The van der Waals surface area contributed by atoms with Crippen molar-refractivity contribution < 1.29 is 19.1 Å². The van der Waals surface area contributed by atoms with E-state index in [0.29, 0.717) is 27.2 Å². The van der Waals surface area contributed by atoms with Crippen LogP contribution >= 0.6 is 15.9 Å². The lowest BCUT2D eigenvalue weighted by Gasteiger charge is -2.10. The zero-order chi connectivity index (χ0) is 22.1. The van der Waals surface area contributed by atoms with Gasteiger partial charge < -0.3 is 14.8 Å². The number of rotatable bonds is 8. The lowest BCUT2D eigenvalue weighted by atomic mass is 10.2. The topological polar surface area (TPSA) is 89.0 Å². The van der Waals surface area contributed by atoms with Crippen LogP contribution in [-0.4, -0.2) is 31.7 Å². The average molecular weight is 482 g/mol. The Labute approximate surface area is 188 Å². The summed E-state index contributed by atoms with van der Waals surface area (Å²) in [5.74, 6) is 0.491. The first kappa shape index (κ1) is 22.0. The molecule has 0 bridgehead atoms. The van der Waals surface area contributed by atoms with E-state index in [1.807, 2.05) is 12.1 Å². The molecule has 0 aliphatic rings. The number of benzene rings is 3. The Morgan fingerprint density at radius 2 is 1.71 bits per heavy atom. The summed E-state index contributed by atoms with van der Waals surface area (Å²) in [6.45, 7) is -0.145. The van der Waals surface area contributed by atoms with E-state index in [1.54, 1.807) is 67.8 Å². The second-order valence-electron chi connectivity index (χ2n) is 6.29. The van der Waals surface area contributed by atoms with Gasteiger partial charge in [-0.1, -0.05) is 24.3 Å². The monoisotopic (exact) mass is 481 g/mol. The Balaban J connectivity index is 1.48. The molecule has 0 heterocycles. The summed E-state index contributed by atoms with van der Waals surface area (Å²) in [7, 11) is 1.54. The molecule has 0 atom stereocenters. The van der Waals surface area contributed by atoms with Crippen molar-refractivity contribution in [3.8, 4) is 11.5 Å². The molecule has 8 heteroatoms. The van der Waals surface area contributed by atoms with Gasteiger partial charge in [0.1, 0.15) is 11.5 Å². The summed E-state index contributed by atoms with van der Waals surface area (Å²) in [6.07, 6.45) is 1.52. The molecular formula is C23H20BrN3O4. The molecule has 158 valence electrons. The Morgan fingerprint density at radius 1 is 1.00 bits per heavy atom. The molecule has 0 radical (unpaired) electrons. The van der Waals surface area contributed by atoms with E-state index in [2.05, 4.69) is 31.8 Å². The number of methoxy groups -OCH3 is 1. The number of ether oxygens (including phenoxy) is 2.